The molecule has 0 radical (unpaired) electrons. The summed E-state index contributed by atoms with van der Waals surface area (Å²) < 4.78 is 10.6. The van der Waals surface area contributed by atoms with Crippen LogP contribution in [0.25, 0.3) is 0 Å². The van der Waals surface area contributed by atoms with Crippen molar-refractivity contribution in [3.8, 4) is 0 Å². The molecule has 2 aliphatic heterocycles. The van der Waals surface area contributed by atoms with Gasteiger partial charge in [0.15, 0.2) is 0 Å². The summed E-state index contributed by atoms with van der Waals surface area (Å²) in [6.45, 7) is 7.19. The Hall–Kier alpha value is 0.512. The SMILES string of the molecule is C=C1O[C@H]2[CH-]O[C@]1(CC)[C@H]2O.[U]. The Bertz CT molecular complexity index is 206. The monoisotopic (exact) mass is 393 g/mol. The summed E-state index contributed by atoms with van der Waals surface area (Å²) in [5.41, 5.74) is -0.648. The number of fused-ring (bicyclic) bond motifs is 2. The zero-order valence-corrected chi connectivity index (χ0v) is 11.1. The summed E-state index contributed by atoms with van der Waals surface area (Å²) in [6.07, 6.45) is -0.178. The van der Waals surface area contributed by atoms with Crippen LogP contribution in [0.4, 0.5) is 0 Å². The fourth-order valence-electron chi connectivity index (χ4n) is 1.67. The van der Waals surface area contributed by atoms with Gasteiger partial charge in [0.2, 0.25) is 0 Å². The summed E-state index contributed by atoms with van der Waals surface area (Å²) >= 11 is 0. The third kappa shape index (κ3) is 1.09. The molecule has 12 heavy (non-hydrogen) atoms. The van der Waals surface area contributed by atoms with E-state index in [4.69, 9.17) is 9.47 Å². The second kappa shape index (κ2) is 3.34. The number of aliphatic hydroxyl groups is 1. The Morgan fingerprint density at radius 3 is 2.67 bits per heavy atom. The molecule has 0 spiro atoms. The van der Waals surface area contributed by atoms with Crippen LogP contribution in [0.1, 0.15) is 13.3 Å². The van der Waals surface area contributed by atoms with E-state index in [0.717, 1.165) is 0 Å². The molecule has 2 fully saturated rings. The van der Waals surface area contributed by atoms with Gasteiger partial charge in [0.25, 0.3) is 0 Å². The van der Waals surface area contributed by atoms with E-state index < -0.39 is 11.7 Å². The smallest absolute Gasteiger partial charge is 0.120 e. The fraction of sp³-hybridized carbons (Fsp3) is 0.625. The van der Waals surface area contributed by atoms with Crippen molar-refractivity contribution in [3.63, 3.8) is 0 Å². The van der Waals surface area contributed by atoms with Gasteiger partial charge >= 0.3 is 0 Å². The van der Waals surface area contributed by atoms with Gasteiger partial charge in [-0.25, -0.2) is 0 Å². The first-order chi connectivity index (χ1) is 5.20. The first-order valence-corrected chi connectivity index (χ1v) is 3.76. The van der Waals surface area contributed by atoms with E-state index in [1.807, 2.05) is 6.92 Å². The van der Waals surface area contributed by atoms with Gasteiger partial charge in [0.1, 0.15) is 11.4 Å². The van der Waals surface area contributed by atoms with Crippen LogP contribution in [0.15, 0.2) is 12.3 Å². The molecule has 1 N–H and O–H groups in total. The molecule has 2 aliphatic rings. The van der Waals surface area contributed by atoms with Crippen LogP contribution in [0.5, 0.6) is 0 Å². The Labute approximate surface area is 95.5 Å². The van der Waals surface area contributed by atoms with Crippen molar-refractivity contribution in [2.24, 2.45) is 0 Å². The van der Waals surface area contributed by atoms with Gasteiger partial charge in [-0.15, -0.1) is 0 Å². The Morgan fingerprint density at radius 1 is 1.75 bits per heavy atom. The number of hydrogen-bond donors (Lipinski definition) is 1. The van der Waals surface area contributed by atoms with Crippen LogP contribution in [0, 0.1) is 37.7 Å². The number of aliphatic hydroxyl groups excluding tert-OH is 1. The second-order valence-electron chi connectivity index (χ2n) is 2.95. The van der Waals surface area contributed by atoms with Crippen molar-refractivity contribution in [1.29, 1.82) is 0 Å². The molecular weight excluding hydrogens is 382 g/mol. The Balaban J connectivity index is 0.000000720. The molecule has 3 atom stereocenters. The molecule has 0 aromatic heterocycles. The van der Waals surface area contributed by atoms with Gasteiger partial charge in [0, 0.05) is 37.2 Å². The van der Waals surface area contributed by atoms with E-state index in [1.165, 1.54) is 0 Å². The minimum absolute atomic E-state index is 0. The topological polar surface area (TPSA) is 38.7 Å². The van der Waals surface area contributed by atoms with Crippen LogP contribution in [-0.4, -0.2) is 22.9 Å². The maximum atomic E-state index is 9.61. The zero-order valence-electron chi connectivity index (χ0n) is 6.91. The van der Waals surface area contributed by atoms with Crippen LogP contribution >= 0.6 is 0 Å². The molecule has 0 saturated carbocycles. The second-order valence-corrected chi connectivity index (χ2v) is 2.95. The summed E-state index contributed by atoms with van der Waals surface area (Å²) in [7, 11) is 0. The third-order valence-electron chi connectivity index (χ3n) is 2.48. The van der Waals surface area contributed by atoms with E-state index in [-0.39, 0.29) is 37.2 Å². The van der Waals surface area contributed by atoms with Crippen molar-refractivity contribution in [2.75, 3.05) is 0 Å². The van der Waals surface area contributed by atoms with Crippen molar-refractivity contribution < 1.29 is 45.7 Å². The van der Waals surface area contributed by atoms with E-state index in [2.05, 4.69) is 6.58 Å². The first kappa shape index (κ1) is 10.6. The van der Waals surface area contributed by atoms with Gasteiger partial charge in [-0.2, -0.15) is 6.61 Å². The van der Waals surface area contributed by atoms with Crippen molar-refractivity contribution in [2.45, 2.75) is 31.2 Å². The van der Waals surface area contributed by atoms with Gasteiger partial charge in [0.05, 0.1) is 6.10 Å². The predicted molar refractivity (Wildman–Crippen MR) is 38.4 cm³/mol. The van der Waals surface area contributed by atoms with Gasteiger partial charge < -0.3 is 14.6 Å². The summed E-state index contributed by atoms with van der Waals surface area (Å²) in [5, 5.41) is 9.61. The molecule has 2 rings (SSSR count). The van der Waals surface area contributed by atoms with Crippen LogP contribution in [0.3, 0.4) is 0 Å². The van der Waals surface area contributed by atoms with Crippen LogP contribution in [0.2, 0.25) is 0 Å². The minimum Gasteiger partial charge on any atom is -0.536 e. The molecule has 0 unspecified atom stereocenters. The molecule has 0 aromatic carbocycles. The maximum Gasteiger partial charge on any atom is 0.120 e. The average molecular weight is 393 g/mol. The Kier molecular flexibility index (Phi) is 2.95. The molecule has 0 aliphatic carbocycles. The fourth-order valence-corrected chi connectivity index (χ4v) is 1.67. The molecule has 2 saturated heterocycles. The maximum absolute atomic E-state index is 9.61. The first-order valence-electron chi connectivity index (χ1n) is 3.76. The zero-order chi connectivity index (χ0) is 8.06. The molecule has 0 aromatic rings. The number of rotatable bonds is 1. The van der Waals surface area contributed by atoms with Gasteiger partial charge in [-0.1, -0.05) is 13.5 Å². The number of ether oxygens (including phenoxy) is 2. The normalized spacial score (nSPS) is 44.0. The molecule has 4 heteroatoms. The Morgan fingerprint density at radius 2 is 2.42 bits per heavy atom. The van der Waals surface area contributed by atoms with Crippen molar-refractivity contribution >= 4 is 0 Å². The largest absolute Gasteiger partial charge is 0.536 e. The van der Waals surface area contributed by atoms with E-state index in [1.54, 1.807) is 6.61 Å². The average Bonchev–Trinajstić information content (AvgIpc) is 2.42. The van der Waals surface area contributed by atoms with Crippen LogP contribution in [-0.2, 0) is 9.47 Å². The predicted octanol–water partition coefficient (Wildman–Crippen LogP) is 0.601. The van der Waals surface area contributed by atoms with E-state index in [0.29, 0.717) is 12.2 Å². The summed E-state index contributed by atoms with van der Waals surface area (Å²) in [5.74, 6) is 0.556. The van der Waals surface area contributed by atoms with E-state index >= 15 is 0 Å². The molecular formula is C8H11O3U-. The van der Waals surface area contributed by atoms with Crippen molar-refractivity contribution in [3.05, 3.63) is 18.9 Å². The summed E-state index contributed by atoms with van der Waals surface area (Å²) in [4.78, 5) is 0. The molecule has 0 amide bonds. The quantitative estimate of drug-likeness (QED) is 0.664. The summed E-state index contributed by atoms with van der Waals surface area (Å²) in [6, 6.07) is 0. The standard InChI is InChI=1S/C8H11O3.U/c1-3-8-5(2)11-6(4-10-8)7(8)9;/h4,6-7,9H,2-3H2,1H3;/q-1;/t6-,7-,8-;/m0./s1. The molecule has 3 nitrogen and oxygen atoms in total. The van der Waals surface area contributed by atoms with Crippen molar-refractivity contribution in [1.82, 2.24) is 0 Å². The molecule has 2 heterocycles. The number of hydrogen-bond acceptors (Lipinski definition) is 3. The van der Waals surface area contributed by atoms with Gasteiger partial charge in [-0.3, -0.25) is 0 Å². The molecule has 66 valence electrons. The van der Waals surface area contributed by atoms with E-state index in [9.17, 15) is 5.11 Å². The third-order valence-corrected chi connectivity index (χ3v) is 2.48. The minimum atomic E-state index is -0.648. The van der Waals surface area contributed by atoms with Crippen LogP contribution < -0.4 is 0 Å². The van der Waals surface area contributed by atoms with Gasteiger partial charge in [-0.05, 0) is 6.42 Å². The molecule has 2 bridgehead atoms.